The predicted octanol–water partition coefficient (Wildman–Crippen LogP) is 1.27. The van der Waals surface area contributed by atoms with E-state index in [1.807, 2.05) is 25.1 Å². The first kappa shape index (κ1) is 15.0. The molecule has 1 atom stereocenters. The second kappa shape index (κ2) is 5.94. The summed E-state index contributed by atoms with van der Waals surface area (Å²) < 4.78 is 0. The molecule has 0 radical (unpaired) electrons. The minimum Gasteiger partial charge on any atom is -0.389 e. The van der Waals surface area contributed by atoms with Gasteiger partial charge in [-0.25, -0.2) is 0 Å². The highest BCUT2D eigenvalue weighted by Crippen LogP contribution is 2.27. The van der Waals surface area contributed by atoms with E-state index in [0.717, 1.165) is 5.56 Å². The zero-order valence-electron chi connectivity index (χ0n) is 12.2. The molecule has 110 valence electrons. The van der Waals surface area contributed by atoms with Gasteiger partial charge in [0, 0.05) is 19.5 Å². The maximum Gasteiger partial charge on any atom is 0.251 e. The molecule has 1 heterocycles. The van der Waals surface area contributed by atoms with E-state index in [9.17, 15) is 15.0 Å². The van der Waals surface area contributed by atoms with Crippen LogP contribution in [0.3, 0.4) is 0 Å². The lowest BCUT2D eigenvalue weighted by atomic mass is 9.85. The van der Waals surface area contributed by atoms with E-state index in [1.165, 1.54) is 12.5 Å². The van der Waals surface area contributed by atoms with Crippen LogP contribution in [0.5, 0.6) is 0 Å². The van der Waals surface area contributed by atoms with Crippen molar-refractivity contribution in [2.45, 2.75) is 44.8 Å². The fourth-order valence-electron chi connectivity index (χ4n) is 2.79. The summed E-state index contributed by atoms with van der Waals surface area (Å²) in [7, 11) is 0. The number of hydrogen-bond acceptors (Lipinski definition) is 3. The average Bonchev–Trinajstić information content (AvgIpc) is 2.38. The number of carbonyl (C=O) groups excluding carboxylic acids is 1. The molecule has 20 heavy (non-hydrogen) atoms. The van der Waals surface area contributed by atoms with Crippen LogP contribution < -0.4 is 0 Å². The van der Waals surface area contributed by atoms with Gasteiger partial charge >= 0.3 is 0 Å². The highest BCUT2D eigenvalue weighted by Gasteiger charge is 2.34. The Morgan fingerprint density at radius 1 is 1.40 bits per heavy atom. The lowest BCUT2D eigenvalue weighted by Crippen LogP contribution is -2.49. The second-order valence-electron chi connectivity index (χ2n) is 5.89. The summed E-state index contributed by atoms with van der Waals surface area (Å²) >= 11 is 0. The van der Waals surface area contributed by atoms with Crippen LogP contribution in [0.25, 0.3) is 0 Å². The van der Waals surface area contributed by atoms with Crippen LogP contribution >= 0.6 is 0 Å². The van der Waals surface area contributed by atoms with E-state index >= 15 is 0 Å². The third-order valence-corrected chi connectivity index (χ3v) is 3.98. The largest absolute Gasteiger partial charge is 0.389 e. The number of carbonyl (C=O) groups is 1. The van der Waals surface area contributed by atoms with Gasteiger partial charge in [0.05, 0.1) is 5.60 Å². The molecule has 4 nitrogen and oxygen atoms in total. The van der Waals surface area contributed by atoms with E-state index in [1.54, 1.807) is 4.90 Å². The van der Waals surface area contributed by atoms with Crippen LogP contribution in [0.1, 0.15) is 30.9 Å². The van der Waals surface area contributed by atoms with Gasteiger partial charge in [0.25, 0.3) is 5.91 Å². The molecule has 1 aromatic rings. The number of piperidine rings is 1. The third-order valence-electron chi connectivity index (χ3n) is 3.98. The molecule has 0 saturated carbocycles. The monoisotopic (exact) mass is 277 g/mol. The van der Waals surface area contributed by atoms with Gasteiger partial charge in [0.1, 0.15) is 6.10 Å². The maximum absolute atomic E-state index is 11.7. The van der Waals surface area contributed by atoms with E-state index in [-0.39, 0.29) is 5.91 Å². The molecule has 0 spiro atoms. The number of aryl methyl sites for hydroxylation is 1. The van der Waals surface area contributed by atoms with Gasteiger partial charge in [-0.2, -0.15) is 0 Å². The topological polar surface area (TPSA) is 60.8 Å². The highest BCUT2D eigenvalue weighted by atomic mass is 16.3. The molecular formula is C16H23NO3. The standard InChI is InChI=1S/C16H23NO3/c1-12-4-3-5-14(10-12)11-16(20)6-8-17(9-7-16)15(19)13(2)18/h3-5,10,13,18,20H,6-9,11H2,1-2H3. The average molecular weight is 277 g/mol. The Bertz CT molecular complexity index is 476. The minimum atomic E-state index is -0.960. The summed E-state index contributed by atoms with van der Waals surface area (Å²) in [4.78, 5) is 13.3. The summed E-state index contributed by atoms with van der Waals surface area (Å²) in [5.74, 6) is -0.248. The molecule has 1 fully saturated rings. The van der Waals surface area contributed by atoms with Crippen LogP contribution in [-0.2, 0) is 11.2 Å². The first-order valence-electron chi connectivity index (χ1n) is 7.14. The summed E-state index contributed by atoms with van der Waals surface area (Å²) in [6.45, 7) is 4.53. The van der Waals surface area contributed by atoms with Crippen molar-refractivity contribution >= 4 is 5.91 Å². The normalized spacial score (nSPS) is 19.7. The molecule has 0 bridgehead atoms. The Morgan fingerprint density at radius 2 is 2.05 bits per heavy atom. The third kappa shape index (κ3) is 3.58. The number of likely N-dealkylation sites (tertiary alicyclic amines) is 1. The number of nitrogens with zero attached hydrogens (tertiary/aromatic N) is 1. The molecule has 1 aliphatic rings. The molecule has 2 rings (SSSR count). The van der Waals surface area contributed by atoms with Gasteiger partial charge in [-0.15, -0.1) is 0 Å². The molecule has 1 saturated heterocycles. The molecule has 4 heteroatoms. The van der Waals surface area contributed by atoms with Gasteiger partial charge in [0.2, 0.25) is 0 Å². The Balaban J connectivity index is 1.96. The van der Waals surface area contributed by atoms with Crippen molar-refractivity contribution in [1.29, 1.82) is 0 Å². The Labute approximate surface area is 120 Å². The maximum atomic E-state index is 11.7. The fraction of sp³-hybridized carbons (Fsp3) is 0.562. The van der Waals surface area contributed by atoms with Gasteiger partial charge in [-0.3, -0.25) is 4.79 Å². The number of amides is 1. The van der Waals surface area contributed by atoms with Gasteiger partial charge in [0.15, 0.2) is 0 Å². The quantitative estimate of drug-likeness (QED) is 0.874. The van der Waals surface area contributed by atoms with Crippen LogP contribution in [0.15, 0.2) is 24.3 Å². The van der Waals surface area contributed by atoms with Gasteiger partial charge in [-0.05, 0) is 32.3 Å². The van der Waals surface area contributed by atoms with Crippen molar-refractivity contribution in [2.75, 3.05) is 13.1 Å². The number of benzene rings is 1. The molecule has 1 aliphatic heterocycles. The minimum absolute atomic E-state index is 0.248. The highest BCUT2D eigenvalue weighted by molar-refractivity contribution is 5.80. The van der Waals surface area contributed by atoms with Gasteiger partial charge < -0.3 is 15.1 Å². The lowest BCUT2D eigenvalue weighted by Gasteiger charge is -2.38. The molecule has 2 N–H and O–H groups in total. The van der Waals surface area contributed by atoms with Crippen molar-refractivity contribution in [3.8, 4) is 0 Å². The molecule has 1 aromatic carbocycles. The van der Waals surface area contributed by atoms with Crippen LogP contribution in [0.2, 0.25) is 0 Å². The van der Waals surface area contributed by atoms with E-state index < -0.39 is 11.7 Å². The predicted molar refractivity (Wildman–Crippen MR) is 77.3 cm³/mol. The fourth-order valence-corrected chi connectivity index (χ4v) is 2.79. The number of aliphatic hydroxyl groups excluding tert-OH is 1. The Hall–Kier alpha value is -1.39. The van der Waals surface area contributed by atoms with Crippen LogP contribution in [0.4, 0.5) is 0 Å². The summed E-state index contributed by atoms with van der Waals surface area (Å²) in [6.07, 6.45) is 0.766. The van der Waals surface area contributed by atoms with E-state index in [4.69, 9.17) is 0 Å². The summed E-state index contributed by atoms with van der Waals surface area (Å²) in [5, 5.41) is 20.0. The van der Waals surface area contributed by atoms with E-state index in [0.29, 0.717) is 32.4 Å². The summed E-state index contributed by atoms with van der Waals surface area (Å²) in [6, 6.07) is 8.15. The Morgan fingerprint density at radius 3 is 2.60 bits per heavy atom. The number of rotatable bonds is 3. The van der Waals surface area contributed by atoms with Crippen molar-refractivity contribution in [3.05, 3.63) is 35.4 Å². The molecular weight excluding hydrogens is 254 g/mol. The SMILES string of the molecule is Cc1cccc(CC2(O)CCN(C(=O)C(C)O)CC2)c1. The van der Waals surface area contributed by atoms with Crippen LogP contribution in [-0.4, -0.2) is 45.8 Å². The van der Waals surface area contributed by atoms with Crippen molar-refractivity contribution in [3.63, 3.8) is 0 Å². The zero-order chi connectivity index (χ0) is 14.8. The zero-order valence-corrected chi connectivity index (χ0v) is 12.2. The van der Waals surface area contributed by atoms with Crippen molar-refractivity contribution in [1.82, 2.24) is 4.90 Å². The second-order valence-corrected chi connectivity index (χ2v) is 5.89. The smallest absolute Gasteiger partial charge is 0.251 e. The van der Waals surface area contributed by atoms with Crippen molar-refractivity contribution in [2.24, 2.45) is 0 Å². The van der Waals surface area contributed by atoms with Crippen LogP contribution in [0, 0.1) is 6.92 Å². The van der Waals surface area contributed by atoms with Crippen molar-refractivity contribution < 1.29 is 15.0 Å². The molecule has 1 amide bonds. The van der Waals surface area contributed by atoms with E-state index in [2.05, 4.69) is 6.07 Å². The molecule has 0 aliphatic carbocycles. The van der Waals surface area contributed by atoms with Gasteiger partial charge in [-0.1, -0.05) is 29.8 Å². The molecule has 1 unspecified atom stereocenters. The lowest BCUT2D eigenvalue weighted by molar-refractivity contribution is -0.143. The first-order valence-corrected chi connectivity index (χ1v) is 7.14. The Kier molecular flexibility index (Phi) is 4.45. The molecule has 0 aromatic heterocycles. The first-order chi connectivity index (χ1) is 9.39. The number of aliphatic hydroxyl groups is 2. The summed E-state index contributed by atoms with van der Waals surface area (Å²) in [5.41, 5.74) is 1.57. The number of hydrogen-bond donors (Lipinski definition) is 2.